The van der Waals surface area contributed by atoms with Crippen LogP contribution in [-0.4, -0.2) is 7.05 Å². The summed E-state index contributed by atoms with van der Waals surface area (Å²) in [6.07, 6.45) is 0. The Kier molecular flexibility index (Phi) is 4.82. The molecule has 100 valence electrons. The molecule has 1 atom stereocenters. The summed E-state index contributed by atoms with van der Waals surface area (Å²) in [7, 11) is 2.00. The van der Waals surface area contributed by atoms with Gasteiger partial charge < -0.3 is 5.32 Å². The molecule has 0 amide bonds. The molecule has 2 aromatic rings. The maximum atomic E-state index is 3.66. The van der Waals surface area contributed by atoms with Crippen LogP contribution in [0.5, 0.6) is 0 Å². The molecule has 1 unspecified atom stereocenters. The fraction of sp³-hybridized carbons (Fsp3) is 0.250. The topological polar surface area (TPSA) is 12.0 Å². The van der Waals surface area contributed by atoms with E-state index in [4.69, 9.17) is 0 Å². The SMILES string of the molecule is CNC(c1cc(Br)ccc1Br)c1c(C)cccc1C. The van der Waals surface area contributed by atoms with Gasteiger partial charge in [0.2, 0.25) is 0 Å². The fourth-order valence-corrected chi connectivity index (χ4v) is 3.33. The Hall–Kier alpha value is -0.640. The number of nitrogens with one attached hydrogen (secondary N) is 1. The standard InChI is InChI=1S/C16H17Br2N/c1-10-5-4-6-11(2)15(10)16(19-3)13-9-12(17)7-8-14(13)18/h4-9,16,19H,1-3H3. The highest BCUT2D eigenvalue weighted by molar-refractivity contribution is 9.11. The third kappa shape index (κ3) is 3.10. The number of halogens is 2. The molecule has 1 nitrogen and oxygen atoms in total. The molecule has 0 aliphatic heterocycles. The molecule has 2 rings (SSSR count). The Morgan fingerprint density at radius 1 is 1.00 bits per heavy atom. The summed E-state index contributed by atoms with van der Waals surface area (Å²) in [5.74, 6) is 0. The van der Waals surface area contributed by atoms with Gasteiger partial charge in [0, 0.05) is 8.95 Å². The smallest absolute Gasteiger partial charge is 0.0591 e. The van der Waals surface area contributed by atoms with E-state index in [0.29, 0.717) is 0 Å². The first kappa shape index (κ1) is 14.8. The first-order chi connectivity index (χ1) is 9.04. The van der Waals surface area contributed by atoms with Gasteiger partial charge >= 0.3 is 0 Å². The summed E-state index contributed by atoms with van der Waals surface area (Å²) in [5.41, 5.74) is 5.22. The zero-order valence-electron chi connectivity index (χ0n) is 11.3. The molecule has 0 radical (unpaired) electrons. The van der Waals surface area contributed by atoms with E-state index in [9.17, 15) is 0 Å². The first-order valence-electron chi connectivity index (χ1n) is 6.23. The highest BCUT2D eigenvalue weighted by Crippen LogP contribution is 2.33. The quantitative estimate of drug-likeness (QED) is 0.775. The normalized spacial score (nSPS) is 12.5. The monoisotopic (exact) mass is 381 g/mol. The van der Waals surface area contributed by atoms with Gasteiger partial charge in [-0.05, 0) is 61.3 Å². The summed E-state index contributed by atoms with van der Waals surface area (Å²) in [6.45, 7) is 4.33. The Labute approximate surface area is 131 Å². The van der Waals surface area contributed by atoms with Crippen molar-refractivity contribution in [2.24, 2.45) is 0 Å². The average Bonchev–Trinajstić information content (AvgIpc) is 2.37. The highest BCUT2D eigenvalue weighted by Gasteiger charge is 2.18. The van der Waals surface area contributed by atoms with Crippen LogP contribution in [0.2, 0.25) is 0 Å². The lowest BCUT2D eigenvalue weighted by Gasteiger charge is -2.23. The van der Waals surface area contributed by atoms with E-state index in [1.54, 1.807) is 0 Å². The van der Waals surface area contributed by atoms with E-state index in [0.717, 1.165) is 8.95 Å². The van der Waals surface area contributed by atoms with Gasteiger partial charge in [-0.25, -0.2) is 0 Å². The Morgan fingerprint density at radius 3 is 2.21 bits per heavy atom. The molecule has 0 spiro atoms. The van der Waals surface area contributed by atoms with Crippen LogP contribution in [0.15, 0.2) is 45.3 Å². The van der Waals surface area contributed by atoms with Crippen molar-refractivity contribution >= 4 is 31.9 Å². The van der Waals surface area contributed by atoms with Crippen molar-refractivity contribution in [3.63, 3.8) is 0 Å². The zero-order valence-corrected chi connectivity index (χ0v) is 14.5. The minimum absolute atomic E-state index is 0.188. The molecule has 0 aliphatic rings. The van der Waals surface area contributed by atoms with Crippen molar-refractivity contribution in [3.8, 4) is 0 Å². The molecular formula is C16H17Br2N. The lowest BCUT2D eigenvalue weighted by atomic mass is 9.91. The van der Waals surface area contributed by atoms with Gasteiger partial charge in [0.15, 0.2) is 0 Å². The van der Waals surface area contributed by atoms with Gasteiger partial charge in [-0.1, -0.05) is 50.1 Å². The predicted molar refractivity (Wildman–Crippen MR) is 88.7 cm³/mol. The lowest BCUT2D eigenvalue weighted by molar-refractivity contribution is 0.680. The van der Waals surface area contributed by atoms with Crippen LogP contribution >= 0.6 is 31.9 Å². The van der Waals surface area contributed by atoms with Crippen LogP contribution in [0.25, 0.3) is 0 Å². The average molecular weight is 383 g/mol. The maximum Gasteiger partial charge on any atom is 0.0591 e. The van der Waals surface area contributed by atoms with Crippen molar-refractivity contribution in [1.82, 2.24) is 5.32 Å². The van der Waals surface area contributed by atoms with E-state index in [2.05, 4.69) is 81.4 Å². The van der Waals surface area contributed by atoms with E-state index in [1.807, 2.05) is 13.1 Å². The summed E-state index contributed by atoms with van der Waals surface area (Å²) in [4.78, 5) is 0. The number of rotatable bonds is 3. The van der Waals surface area contributed by atoms with Crippen molar-refractivity contribution in [3.05, 3.63) is 67.6 Å². The zero-order chi connectivity index (χ0) is 14.0. The van der Waals surface area contributed by atoms with Crippen LogP contribution in [0.3, 0.4) is 0 Å². The van der Waals surface area contributed by atoms with Crippen LogP contribution in [0, 0.1) is 13.8 Å². The summed E-state index contributed by atoms with van der Waals surface area (Å²) in [5, 5.41) is 3.43. The van der Waals surface area contributed by atoms with Gasteiger partial charge in [-0.3, -0.25) is 0 Å². The molecule has 1 N–H and O–H groups in total. The second kappa shape index (κ2) is 6.21. The number of hydrogen-bond acceptors (Lipinski definition) is 1. The van der Waals surface area contributed by atoms with Crippen LogP contribution < -0.4 is 5.32 Å². The molecular weight excluding hydrogens is 366 g/mol. The summed E-state index contributed by atoms with van der Waals surface area (Å²) >= 11 is 7.21. The number of aryl methyl sites for hydroxylation is 2. The lowest BCUT2D eigenvalue weighted by Crippen LogP contribution is -2.20. The minimum atomic E-state index is 0.188. The molecule has 0 aliphatic carbocycles. The molecule has 3 heteroatoms. The van der Waals surface area contributed by atoms with E-state index in [-0.39, 0.29) is 6.04 Å². The van der Waals surface area contributed by atoms with Gasteiger partial charge in [0.25, 0.3) is 0 Å². The first-order valence-corrected chi connectivity index (χ1v) is 7.81. The molecule has 0 aromatic heterocycles. The second-order valence-electron chi connectivity index (χ2n) is 4.69. The molecule has 19 heavy (non-hydrogen) atoms. The van der Waals surface area contributed by atoms with Crippen LogP contribution in [0.4, 0.5) is 0 Å². The van der Waals surface area contributed by atoms with Gasteiger partial charge in [0.1, 0.15) is 0 Å². The maximum absolute atomic E-state index is 3.66. The van der Waals surface area contributed by atoms with E-state index >= 15 is 0 Å². The van der Waals surface area contributed by atoms with Gasteiger partial charge in [0.05, 0.1) is 6.04 Å². The van der Waals surface area contributed by atoms with Gasteiger partial charge in [-0.15, -0.1) is 0 Å². The summed E-state index contributed by atoms with van der Waals surface area (Å²) < 4.78 is 2.22. The Morgan fingerprint density at radius 2 is 1.63 bits per heavy atom. The molecule has 2 aromatic carbocycles. The van der Waals surface area contributed by atoms with Crippen LogP contribution in [-0.2, 0) is 0 Å². The van der Waals surface area contributed by atoms with E-state index in [1.165, 1.54) is 22.3 Å². The Bertz CT molecular complexity index is 573. The number of benzene rings is 2. The van der Waals surface area contributed by atoms with Crippen LogP contribution in [0.1, 0.15) is 28.3 Å². The largest absolute Gasteiger partial charge is 0.309 e. The minimum Gasteiger partial charge on any atom is -0.309 e. The molecule has 0 bridgehead atoms. The molecule has 0 saturated heterocycles. The Balaban J connectivity index is 2.59. The van der Waals surface area contributed by atoms with Crippen molar-refractivity contribution in [2.45, 2.75) is 19.9 Å². The highest BCUT2D eigenvalue weighted by atomic mass is 79.9. The van der Waals surface area contributed by atoms with Crippen molar-refractivity contribution in [1.29, 1.82) is 0 Å². The van der Waals surface area contributed by atoms with Gasteiger partial charge in [-0.2, -0.15) is 0 Å². The van der Waals surface area contributed by atoms with Crippen molar-refractivity contribution in [2.75, 3.05) is 7.05 Å². The third-order valence-corrected chi connectivity index (χ3v) is 4.60. The molecule has 0 fully saturated rings. The second-order valence-corrected chi connectivity index (χ2v) is 6.46. The predicted octanol–water partition coefficient (Wildman–Crippen LogP) is 5.14. The van der Waals surface area contributed by atoms with E-state index < -0.39 is 0 Å². The van der Waals surface area contributed by atoms with Crippen molar-refractivity contribution < 1.29 is 0 Å². The molecule has 0 heterocycles. The number of hydrogen-bond donors (Lipinski definition) is 1. The third-order valence-electron chi connectivity index (χ3n) is 3.39. The molecule has 0 saturated carbocycles. The summed E-state index contributed by atoms with van der Waals surface area (Å²) in [6, 6.07) is 12.9. The fourth-order valence-electron chi connectivity index (χ4n) is 2.47.